The van der Waals surface area contributed by atoms with Gasteiger partial charge in [0.1, 0.15) is 10.7 Å². The molecule has 1 atom stereocenters. The second-order valence-electron chi connectivity index (χ2n) is 8.81. The number of aromatic nitrogens is 3. The predicted octanol–water partition coefficient (Wildman–Crippen LogP) is 5.00. The Morgan fingerprint density at radius 2 is 2.00 bits per heavy atom. The number of hydrogen-bond acceptors (Lipinski definition) is 7. The Morgan fingerprint density at radius 3 is 2.77 bits per heavy atom. The van der Waals surface area contributed by atoms with E-state index in [0.29, 0.717) is 18.2 Å². The minimum Gasteiger partial charge on any atom is -0.369 e. The molecule has 178 valence electrons. The van der Waals surface area contributed by atoms with E-state index in [1.807, 2.05) is 30.3 Å². The van der Waals surface area contributed by atoms with E-state index in [-0.39, 0.29) is 5.91 Å². The number of benzene rings is 2. The number of carbonyl (C=O) groups excluding carboxylic acids is 1. The molecule has 0 bridgehead atoms. The van der Waals surface area contributed by atoms with Gasteiger partial charge in [0.05, 0.1) is 23.8 Å². The molecule has 8 heteroatoms. The summed E-state index contributed by atoms with van der Waals surface area (Å²) in [5, 5.41) is 13.4. The highest BCUT2D eigenvalue weighted by atomic mass is 32.1. The molecule has 1 fully saturated rings. The maximum Gasteiger partial charge on any atom is 0.275 e. The summed E-state index contributed by atoms with van der Waals surface area (Å²) in [5.74, 6) is 0.220. The van der Waals surface area contributed by atoms with E-state index in [9.17, 15) is 4.79 Å². The standard InChI is InChI=1S/C27H28N6OS/c1-18-22(20-7-3-2-4-8-20)9-10-23(25(18)33-13-5-6-19(14-28)16-33)31-26(34)24-17-35-27(32-24)21-11-12-29-30-15-21/h2-4,7-12,15,17,19H,5-6,13-14,16,28H2,1H3,(H,31,34)/t19-/m0/s1. The van der Waals surface area contributed by atoms with Gasteiger partial charge in [0, 0.05) is 24.0 Å². The molecule has 1 aliphatic rings. The van der Waals surface area contributed by atoms with E-state index >= 15 is 0 Å². The number of carbonyl (C=O) groups is 1. The van der Waals surface area contributed by atoms with Crippen molar-refractivity contribution < 1.29 is 4.79 Å². The van der Waals surface area contributed by atoms with Crippen molar-refractivity contribution in [3.63, 3.8) is 0 Å². The topological polar surface area (TPSA) is 97.0 Å². The molecular formula is C27H28N6OS. The zero-order valence-electron chi connectivity index (χ0n) is 19.6. The number of nitrogens with two attached hydrogens (primary N) is 1. The molecule has 2 aromatic heterocycles. The summed E-state index contributed by atoms with van der Waals surface area (Å²) < 4.78 is 0. The first-order valence-corrected chi connectivity index (χ1v) is 12.7. The molecule has 1 aliphatic heterocycles. The molecule has 1 amide bonds. The third-order valence-corrected chi connectivity index (χ3v) is 7.39. The van der Waals surface area contributed by atoms with Crippen LogP contribution >= 0.6 is 11.3 Å². The van der Waals surface area contributed by atoms with Gasteiger partial charge in [0.2, 0.25) is 0 Å². The van der Waals surface area contributed by atoms with Crippen LogP contribution in [0.15, 0.2) is 66.3 Å². The summed E-state index contributed by atoms with van der Waals surface area (Å²) in [6.07, 6.45) is 5.48. The Kier molecular flexibility index (Phi) is 6.83. The maximum absolute atomic E-state index is 13.2. The number of piperidine rings is 1. The molecule has 5 rings (SSSR count). The molecule has 0 unspecified atom stereocenters. The van der Waals surface area contributed by atoms with Crippen LogP contribution in [0.25, 0.3) is 21.7 Å². The van der Waals surface area contributed by atoms with Gasteiger partial charge >= 0.3 is 0 Å². The maximum atomic E-state index is 13.2. The first kappa shape index (κ1) is 23.1. The van der Waals surface area contributed by atoms with Gasteiger partial charge in [-0.2, -0.15) is 10.2 Å². The summed E-state index contributed by atoms with van der Waals surface area (Å²) in [6, 6.07) is 16.3. The van der Waals surface area contributed by atoms with Crippen LogP contribution < -0.4 is 16.0 Å². The molecule has 0 spiro atoms. The summed E-state index contributed by atoms with van der Waals surface area (Å²) in [6.45, 7) is 4.63. The minimum atomic E-state index is -0.227. The molecule has 0 saturated carbocycles. The highest BCUT2D eigenvalue weighted by Crippen LogP contribution is 2.39. The lowest BCUT2D eigenvalue weighted by Crippen LogP contribution is -2.39. The van der Waals surface area contributed by atoms with Gasteiger partial charge in [0.15, 0.2) is 0 Å². The fourth-order valence-electron chi connectivity index (χ4n) is 4.71. The van der Waals surface area contributed by atoms with Crippen molar-refractivity contribution in [2.75, 3.05) is 29.9 Å². The molecule has 4 aromatic rings. The Labute approximate surface area is 209 Å². The van der Waals surface area contributed by atoms with Crippen molar-refractivity contribution in [2.24, 2.45) is 11.7 Å². The second-order valence-corrected chi connectivity index (χ2v) is 9.67. The van der Waals surface area contributed by atoms with Crippen LogP contribution in [0.5, 0.6) is 0 Å². The zero-order valence-corrected chi connectivity index (χ0v) is 20.5. The molecule has 0 radical (unpaired) electrons. The van der Waals surface area contributed by atoms with Gasteiger partial charge in [0.25, 0.3) is 5.91 Å². The fraction of sp³-hybridized carbons (Fsp3) is 0.259. The lowest BCUT2D eigenvalue weighted by Gasteiger charge is -2.36. The van der Waals surface area contributed by atoms with Gasteiger partial charge in [-0.05, 0) is 61.1 Å². The molecule has 0 aliphatic carbocycles. The van der Waals surface area contributed by atoms with Crippen LogP contribution in [0.1, 0.15) is 28.9 Å². The van der Waals surface area contributed by atoms with E-state index in [1.54, 1.807) is 17.8 Å². The van der Waals surface area contributed by atoms with E-state index in [1.165, 1.54) is 11.3 Å². The third-order valence-electron chi connectivity index (χ3n) is 6.50. The molecule has 2 aromatic carbocycles. The first-order chi connectivity index (χ1) is 17.1. The smallest absolute Gasteiger partial charge is 0.275 e. The Balaban J connectivity index is 1.49. The average molecular weight is 485 g/mol. The fourth-order valence-corrected chi connectivity index (χ4v) is 5.50. The largest absolute Gasteiger partial charge is 0.369 e. The number of amides is 1. The van der Waals surface area contributed by atoms with Crippen molar-refractivity contribution in [3.8, 4) is 21.7 Å². The molecule has 7 nitrogen and oxygen atoms in total. The Hall–Kier alpha value is -3.62. The quantitative estimate of drug-likeness (QED) is 0.400. The van der Waals surface area contributed by atoms with Crippen molar-refractivity contribution in [3.05, 3.63) is 77.6 Å². The highest BCUT2D eigenvalue weighted by Gasteiger charge is 2.25. The molecule has 3 N–H and O–H groups in total. The number of hydrogen-bond donors (Lipinski definition) is 2. The lowest BCUT2D eigenvalue weighted by atomic mass is 9.94. The van der Waals surface area contributed by atoms with Crippen LogP contribution in [-0.2, 0) is 0 Å². The van der Waals surface area contributed by atoms with Crippen LogP contribution in [0.2, 0.25) is 0 Å². The van der Waals surface area contributed by atoms with Gasteiger partial charge in [-0.25, -0.2) is 4.98 Å². The van der Waals surface area contributed by atoms with Gasteiger partial charge in [-0.3, -0.25) is 4.79 Å². The van der Waals surface area contributed by atoms with Crippen LogP contribution in [-0.4, -0.2) is 40.7 Å². The monoisotopic (exact) mass is 484 g/mol. The molecular weight excluding hydrogens is 456 g/mol. The number of nitrogens with one attached hydrogen (secondary N) is 1. The van der Waals surface area contributed by atoms with E-state index < -0.39 is 0 Å². The second kappa shape index (κ2) is 10.3. The first-order valence-electron chi connectivity index (χ1n) is 11.8. The van der Waals surface area contributed by atoms with Gasteiger partial charge in [-0.15, -0.1) is 11.3 Å². The highest BCUT2D eigenvalue weighted by molar-refractivity contribution is 7.13. The Morgan fingerprint density at radius 1 is 1.14 bits per heavy atom. The number of rotatable bonds is 6. The van der Waals surface area contributed by atoms with Crippen molar-refractivity contribution in [1.29, 1.82) is 0 Å². The van der Waals surface area contributed by atoms with Crippen LogP contribution in [0, 0.1) is 12.8 Å². The van der Waals surface area contributed by atoms with Crippen molar-refractivity contribution in [2.45, 2.75) is 19.8 Å². The summed E-state index contributed by atoms with van der Waals surface area (Å²) >= 11 is 1.42. The molecule has 3 heterocycles. The zero-order chi connectivity index (χ0) is 24.2. The predicted molar refractivity (Wildman–Crippen MR) is 142 cm³/mol. The summed E-state index contributed by atoms with van der Waals surface area (Å²) in [5.41, 5.74) is 12.6. The summed E-state index contributed by atoms with van der Waals surface area (Å²) in [7, 11) is 0. The van der Waals surface area contributed by atoms with E-state index in [4.69, 9.17) is 5.73 Å². The summed E-state index contributed by atoms with van der Waals surface area (Å²) in [4.78, 5) is 20.2. The average Bonchev–Trinajstić information content (AvgIpc) is 3.41. The van der Waals surface area contributed by atoms with Crippen molar-refractivity contribution >= 4 is 28.6 Å². The Bertz CT molecular complexity index is 1310. The van der Waals surface area contributed by atoms with Crippen molar-refractivity contribution in [1.82, 2.24) is 15.2 Å². The lowest BCUT2D eigenvalue weighted by molar-refractivity contribution is 0.102. The molecule has 1 saturated heterocycles. The SMILES string of the molecule is Cc1c(-c2ccccc2)ccc(NC(=O)c2csc(-c3ccnnc3)n2)c1N1CCC[C@@H](CN)C1. The number of nitrogens with zero attached hydrogens (tertiary/aromatic N) is 4. The van der Waals surface area contributed by atoms with E-state index in [2.05, 4.69) is 50.5 Å². The van der Waals surface area contributed by atoms with E-state index in [0.717, 1.165) is 64.6 Å². The van der Waals surface area contributed by atoms with Gasteiger partial charge in [-0.1, -0.05) is 36.4 Å². The van der Waals surface area contributed by atoms with Crippen LogP contribution in [0.4, 0.5) is 11.4 Å². The minimum absolute atomic E-state index is 0.227. The number of thiazole rings is 1. The van der Waals surface area contributed by atoms with Crippen LogP contribution in [0.3, 0.4) is 0 Å². The molecule has 35 heavy (non-hydrogen) atoms. The van der Waals surface area contributed by atoms with Gasteiger partial charge < -0.3 is 16.0 Å². The number of anilines is 2. The normalized spacial score (nSPS) is 15.7. The third kappa shape index (κ3) is 4.94.